The van der Waals surface area contributed by atoms with Crippen molar-refractivity contribution in [2.45, 2.75) is 25.8 Å². The van der Waals surface area contributed by atoms with Gasteiger partial charge in [-0.1, -0.05) is 43.3 Å². The third-order valence-corrected chi connectivity index (χ3v) is 3.89. The molecule has 0 aliphatic carbocycles. The van der Waals surface area contributed by atoms with Crippen molar-refractivity contribution in [1.29, 1.82) is 0 Å². The van der Waals surface area contributed by atoms with E-state index in [1.54, 1.807) is 12.1 Å². The van der Waals surface area contributed by atoms with Gasteiger partial charge in [0.25, 0.3) is 5.91 Å². The Morgan fingerprint density at radius 2 is 1.73 bits per heavy atom. The van der Waals surface area contributed by atoms with Crippen molar-refractivity contribution in [2.24, 2.45) is 0 Å². The molecule has 1 N–H and O–H groups in total. The van der Waals surface area contributed by atoms with Crippen LogP contribution in [0.5, 0.6) is 0 Å². The van der Waals surface area contributed by atoms with Gasteiger partial charge in [0.05, 0.1) is 12.1 Å². The highest BCUT2D eigenvalue weighted by Gasteiger charge is 2.39. The number of nitrogens with one attached hydrogen (secondary N) is 1. The molecule has 1 saturated heterocycles. The van der Waals surface area contributed by atoms with Crippen molar-refractivity contribution in [3.63, 3.8) is 0 Å². The van der Waals surface area contributed by atoms with Crippen LogP contribution in [-0.4, -0.2) is 17.9 Å². The lowest BCUT2D eigenvalue weighted by atomic mass is 10.1. The largest absolute Gasteiger partial charge is 0.373 e. The number of hydrogen-bond donors (Lipinski definition) is 1. The van der Waals surface area contributed by atoms with E-state index in [1.165, 1.54) is 4.90 Å². The zero-order chi connectivity index (χ0) is 15.5. The van der Waals surface area contributed by atoms with Gasteiger partial charge < -0.3 is 5.32 Å². The third kappa shape index (κ3) is 2.60. The van der Waals surface area contributed by atoms with E-state index in [0.29, 0.717) is 5.69 Å². The first-order chi connectivity index (χ1) is 10.7. The van der Waals surface area contributed by atoms with Crippen LogP contribution in [0.3, 0.4) is 0 Å². The SMILES string of the molecule is CCc1ccccc1N[C@H]1CC(=O)N(c2ccccc2)C1=O. The van der Waals surface area contributed by atoms with Crippen molar-refractivity contribution >= 4 is 23.2 Å². The molecule has 22 heavy (non-hydrogen) atoms. The number of benzene rings is 2. The summed E-state index contributed by atoms with van der Waals surface area (Å²) < 4.78 is 0. The van der Waals surface area contributed by atoms with Crippen molar-refractivity contribution in [3.8, 4) is 0 Å². The van der Waals surface area contributed by atoms with Crippen molar-refractivity contribution in [2.75, 3.05) is 10.2 Å². The first-order valence-corrected chi connectivity index (χ1v) is 7.47. The molecule has 4 heteroatoms. The molecule has 1 aliphatic heterocycles. The summed E-state index contributed by atoms with van der Waals surface area (Å²) in [4.78, 5) is 26.0. The Balaban J connectivity index is 1.83. The van der Waals surface area contributed by atoms with Gasteiger partial charge >= 0.3 is 0 Å². The molecular formula is C18H18N2O2. The summed E-state index contributed by atoms with van der Waals surface area (Å²) in [6, 6.07) is 16.4. The summed E-state index contributed by atoms with van der Waals surface area (Å²) in [6.07, 6.45) is 1.06. The first-order valence-electron chi connectivity index (χ1n) is 7.47. The van der Waals surface area contributed by atoms with Crippen LogP contribution in [0.15, 0.2) is 54.6 Å². The first kappa shape index (κ1) is 14.3. The standard InChI is InChI=1S/C18H18N2O2/c1-2-13-8-6-7-11-15(13)19-16-12-17(21)20(18(16)22)14-9-4-3-5-10-14/h3-11,16,19H,2,12H2,1H3/t16-/m0/s1. The molecule has 0 aromatic heterocycles. The topological polar surface area (TPSA) is 49.4 Å². The number of para-hydroxylation sites is 2. The lowest BCUT2D eigenvalue weighted by molar-refractivity contribution is -0.121. The highest BCUT2D eigenvalue weighted by Crippen LogP contribution is 2.26. The maximum absolute atomic E-state index is 12.6. The molecule has 1 fully saturated rings. The average molecular weight is 294 g/mol. The molecule has 1 heterocycles. The van der Waals surface area contributed by atoms with Crippen LogP contribution >= 0.6 is 0 Å². The smallest absolute Gasteiger partial charge is 0.256 e. The van der Waals surface area contributed by atoms with Crippen LogP contribution in [0.25, 0.3) is 0 Å². The number of imide groups is 1. The number of anilines is 2. The van der Waals surface area contributed by atoms with E-state index in [0.717, 1.165) is 17.7 Å². The minimum Gasteiger partial charge on any atom is -0.373 e. The van der Waals surface area contributed by atoms with E-state index < -0.39 is 6.04 Å². The molecule has 3 rings (SSSR count). The molecule has 1 atom stereocenters. The van der Waals surface area contributed by atoms with Crippen LogP contribution in [0.1, 0.15) is 18.9 Å². The molecule has 112 valence electrons. The molecule has 4 nitrogen and oxygen atoms in total. The summed E-state index contributed by atoms with van der Waals surface area (Å²) in [6.45, 7) is 2.07. The van der Waals surface area contributed by atoms with Gasteiger partial charge in [-0.3, -0.25) is 9.59 Å². The van der Waals surface area contributed by atoms with E-state index >= 15 is 0 Å². The van der Waals surface area contributed by atoms with Gasteiger partial charge in [-0.25, -0.2) is 4.90 Å². The van der Waals surface area contributed by atoms with Crippen LogP contribution in [0.4, 0.5) is 11.4 Å². The van der Waals surface area contributed by atoms with Gasteiger partial charge in [-0.15, -0.1) is 0 Å². The van der Waals surface area contributed by atoms with E-state index in [4.69, 9.17) is 0 Å². The summed E-state index contributed by atoms with van der Waals surface area (Å²) in [7, 11) is 0. The highest BCUT2D eigenvalue weighted by atomic mass is 16.2. The van der Waals surface area contributed by atoms with Crippen LogP contribution in [-0.2, 0) is 16.0 Å². The number of amides is 2. The summed E-state index contributed by atoms with van der Waals surface area (Å²) in [5, 5.41) is 3.23. The number of rotatable bonds is 4. The van der Waals surface area contributed by atoms with Gasteiger partial charge in [-0.05, 0) is 30.2 Å². The fourth-order valence-electron chi connectivity index (χ4n) is 2.75. The molecule has 1 aliphatic rings. The van der Waals surface area contributed by atoms with Gasteiger partial charge in [0.2, 0.25) is 5.91 Å². The van der Waals surface area contributed by atoms with E-state index in [9.17, 15) is 9.59 Å². The fraction of sp³-hybridized carbons (Fsp3) is 0.222. The van der Waals surface area contributed by atoms with Crippen LogP contribution in [0, 0.1) is 0 Å². The fourth-order valence-corrected chi connectivity index (χ4v) is 2.75. The van der Waals surface area contributed by atoms with Crippen molar-refractivity contribution in [1.82, 2.24) is 0 Å². The second kappa shape index (κ2) is 6.02. The second-order valence-corrected chi connectivity index (χ2v) is 5.31. The Morgan fingerprint density at radius 3 is 2.45 bits per heavy atom. The Kier molecular flexibility index (Phi) is 3.92. The number of aryl methyl sites for hydroxylation is 1. The lowest BCUT2D eigenvalue weighted by Crippen LogP contribution is -2.34. The van der Waals surface area contributed by atoms with Gasteiger partial charge in [0, 0.05) is 5.69 Å². The zero-order valence-corrected chi connectivity index (χ0v) is 12.5. The van der Waals surface area contributed by atoms with E-state index in [-0.39, 0.29) is 18.2 Å². The summed E-state index contributed by atoms with van der Waals surface area (Å²) in [5.41, 5.74) is 2.69. The Bertz CT molecular complexity index is 697. The molecule has 0 radical (unpaired) electrons. The minimum atomic E-state index is -0.500. The normalized spacial score (nSPS) is 17.9. The Labute approximate surface area is 129 Å². The van der Waals surface area contributed by atoms with Crippen molar-refractivity contribution in [3.05, 3.63) is 60.2 Å². The predicted molar refractivity (Wildman–Crippen MR) is 86.8 cm³/mol. The van der Waals surface area contributed by atoms with E-state index in [1.807, 2.05) is 42.5 Å². The minimum absolute atomic E-state index is 0.164. The van der Waals surface area contributed by atoms with Crippen LogP contribution < -0.4 is 10.2 Å². The monoisotopic (exact) mass is 294 g/mol. The average Bonchev–Trinajstić information content (AvgIpc) is 2.83. The number of carbonyl (C=O) groups is 2. The Hall–Kier alpha value is -2.62. The second-order valence-electron chi connectivity index (χ2n) is 5.31. The highest BCUT2D eigenvalue weighted by molar-refractivity contribution is 6.23. The quantitative estimate of drug-likeness (QED) is 0.882. The molecule has 0 saturated carbocycles. The van der Waals surface area contributed by atoms with Crippen LogP contribution in [0.2, 0.25) is 0 Å². The van der Waals surface area contributed by atoms with Crippen molar-refractivity contribution < 1.29 is 9.59 Å². The number of nitrogens with zero attached hydrogens (tertiary/aromatic N) is 1. The van der Waals surface area contributed by atoms with Gasteiger partial charge in [0.1, 0.15) is 6.04 Å². The number of carbonyl (C=O) groups excluding carboxylic acids is 2. The molecule has 0 unspecified atom stereocenters. The number of hydrogen-bond acceptors (Lipinski definition) is 3. The maximum atomic E-state index is 12.6. The molecule has 2 aromatic rings. The Morgan fingerprint density at radius 1 is 1.05 bits per heavy atom. The predicted octanol–water partition coefficient (Wildman–Crippen LogP) is 2.99. The zero-order valence-electron chi connectivity index (χ0n) is 12.5. The van der Waals surface area contributed by atoms with Gasteiger partial charge in [-0.2, -0.15) is 0 Å². The molecule has 0 bridgehead atoms. The molecular weight excluding hydrogens is 276 g/mol. The molecule has 2 aromatic carbocycles. The van der Waals surface area contributed by atoms with E-state index in [2.05, 4.69) is 12.2 Å². The molecule has 0 spiro atoms. The van der Waals surface area contributed by atoms with Gasteiger partial charge in [0.15, 0.2) is 0 Å². The summed E-state index contributed by atoms with van der Waals surface area (Å²) in [5.74, 6) is -0.357. The maximum Gasteiger partial charge on any atom is 0.256 e. The summed E-state index contributed by atoms with van der Waals surface area (Å²) >= 11 is 0. The lowest BCUT2D eigenvalue weighted by Gasteiger charge is -2.17. The third-order valence-electron chi connectivity index (χ3n) is 3.89. The molecule has 2 amide bonds.